The first-order chi connectivity index (χ1) is 15.1. The average Bonchev–Trinajstić information content (AvgIpc) is 3.40. The first-order valence-electron chi connectivity index (χ1n) is 10.3. The Morgan fingerprint density at radius 3 is 2.65 bits per heavy atom. The maximum absolute atomic E-state index is 12.2. The van der Waals surface area contributed by atoms with E-state index in [1.54, 1.807) is 5.38 Å². The average molecular weight is 436 g/mol. The molecule has 1 saturated heterocycles. The Hall–Kier alpha value is -3.10. The predicted octanol–water partition coefficient (Wildman–Crippen LogP) is 4.08. The molecule has 1 aliphatic heterocycles. The van der Waals surface area contributed by atoms with Gasteiger partial charge in [0.2, 0.25) is 5.91 Å². The number of hydrogen-bond acceptors (Lipinski definition) is 7. The standard InChI is InChI=1S/C23H25N5O2S/c24-23-27-19(14-31-23)13-21(29)26-17-8-6-15(7-9-17)12-18-10-11-20(25-18)22(28-30)16-4-2-1-3-5-16/h1-9,14,18,20,22,25H,10-13H2,(H2,24,27)(H,26,29)/t18-,20+,22+/m0/s1. The van der Waals surface area contributed by atoms with Gasteiger partial charge in [0.05, 0.1) is 12.1 Å². The van der Waals surface area contributed by atoms with Crippen LogP contribution in [0.2, 0.25) is 0 Å². The fraction of sp³-hybridized carbons (Fsp3) is 0.304. The number of aromatic nitrogens is 1. The molecule has 0 saturated carbocycles. The molecule has 7 nitrogen and oxygen atoms in total. The summed E-state index contributed by atoms with van der Waals surface area (Å²) in [5.74, 6) is -0.119. The third kappa shape index (κ3) is 5.53. The minimum Gasteiger partial charge on any atom is -0.375 e. The molecule has 3 aromatic rings. The molecule has 0 radical (unpaired) electrons. The minimum atomic E-state index is -0.364. The van der Waals surface area contributed by atoms with Gasteiger partial charge in [0, 0.05) is 23.2 Å². The van der Waals surface area contributed by atoms with E-state index in [0.29, 0.717) is 16.9 Å². The molecule has 2 aromatic carbocycles. The number of hydrogen-bond donors (Lipinski definition) is 3. The highest BCUT2D eigenvalue weighted by Gasteiger charge is 2.31. The molecular weight excluding hydrogens is 410 g/mol. The van der Waals surface area contributed by atoms with Gasteiger partial charge < -0.3 is 16.4 Å². The lowest BCUT2D eigenvalue weighted by Gasteiger charge is -2.19. The van der Waals surface area contributed by atoms with Gasteiger partial charge in [0.25, 0.3) is 0 Å². The van der Waals surface area contributed by atoms with Gasteiger partial charge in [0.1, 0.15) is 6.04 Å². The molecular formula is C23H25N5O2S. The molecule has 8 heteroatoms. The van der Waals surface area contributed by atoms with Crippen molar-refractivity contribution in [1.29, 1.82) is 0 Å². The number of nitrogen functional groups attached to an aromatic ring is 1. The largest absolute Gasteiger partial charge is 0.375 e. The van der Waals surface area contributed by atoms with E-state index < -0.39 is 0 Å². The van der Waals surface area contributed by atoms with E-state index in [1.807, 2.05) is 54.6 Å². The van der Waals surface area contributed by atoms with E-state index in [0.717, 1.165) is 30.5 Å². The molecule has 0 bridgehead atoms. The van der Waals surface area contributed by atoms with Crippen molar-refractivity contribution in [2.24, 2.45) is 5.18 Å². The highest BCUT2D eigenvalue weighted by molar-refractivity contribution is 7.13. The zero-order chi connectivity index (χ0) is 21.6. The summed E-state index contributed by atoms with van der Waals surface area (Å²) in [6.45, 7) is 0. The van der Waals surface area contributed by atoms with Crippen LogP contribution in [0.1, 0.15) is 35.7 Å². The number of rotatable bonds is 8. The van der Waals surface area contributed by atoms with Crippen LogP contribution in [0.5, 0.6) is 0 Å². The Morgan fingerprint density at radius 1 is 1.19 bits per heavy atom. The number of benzene rings is 2. The molecule has 4 rings (SSSR count). The number of thiazole rings is 1. The molecule has 0 spiro atoms. The van der Waals surface area contributed by atoms with Gasteiger partial charge in [-0.25, -0.2) is 4.98 Å². The molecule has 4 N–H and O–H groups in total. The minimum absolute atomic E-state index is 0.0585. The summed E-state index contributed by atoms with van der Waals surface area (Å²) in [7, 11) is 0. The van der Waals surface area contributed by atoms with Crippen molar-refractivity contribution in [3.63, 3.8) is 0 Å². The molecule has 1 fully saturated rings. The lowest BCUT2D eigenvalue weighted by molar-refractivity contribution is -0.115. The Labute approximate surface area is 185 Å². The van der Waals surface area contributed by atoms with Gasteiger partial charge in [0.15, 0.2) is 5.13 Å². The van der Waals surface area contributed by atoms with Crippen molar-refractivity contribution in [3.8, 4) is 0 Å². The third-order valence-electron chi connectivity index (χ3n) is 5.54. The number of nitrogens with one attached hydrogen (secondary N) is 2. The lowest BCUT2D eigenvalue weighted by atomic mass is 9.99. The number of anilines is 2. The van der Waals surface area contributed by atoms with Crippen LogP contribution in [-0.2, 0) is 17.6 Å². The quantitative estimate of drug-likeness (QED) is 0.462. The third-order valence-corrected chi connectivity index (χ3v) is 6.27. The maximum atomic E-state index is 12.2. The smallest absolute Gasteiger partial charge is 0.230 e. The van der Waals surface area contributed by atoms with Crippen molar-refractivity contribution in [2.75, 3.05) is 11.1 Å². The van der Waals surface area contributed by atoms with E-state index in [1.165, 1.54) is 16.9 Å². The number of nitrogens with two attached hydrogens (primary N) is 1. The number of amides is 1. The highest BCUT2D eigenvalue weighted by Crippen LogP contribution is 2.29. The van der Waals surface area contributed by atoms with E-state index in [9.17, 15) is 9.70 Å². The van der Waals surface area contributed by atoms with E-state index >= 15 is 0 Å². The van der Waals surface area contributed by atoms with Crippen LogP contribution in [-0.4, -0.2) is 23.0 Å². The lowest BCUT2D eigenvalue weighted by Crippen LogP contribution is -2.34. The van der Waals surface area contributed by atoms with Crippen LogP contribution in [0.3, 0.4) is 0 Å². The molecule has 1 amide bonds. The number of nitrogens with zero attached hydrogens (tertiary/aromatic N) is 2. The summed E-state index contributed by atoms with van der Waals surface area (Å²) in [4.78, 5) is 27.7. The van der Waals surface area contributed by atoms with E-state index in [-0.39, 0.29) is 24.4 Å². The van der Waals surface area contributed by atoms with Gasteiger partial charge in [-0.15, -0.1) is 11.3 Å². The first-order valence-corrected chi connectivity index (χ1v) is 11.2. The molecule has 0 unspecified atom stereocenters. The molecule has 3 atom stereocenters. The second-order valence-corrected chi connectivity index (χ2v) is 8.70. The monoisotopic (exact) mass is 435 g/mol. The van der Waals surface area contributed by atoms with Crippen LogP contribution >= 0.6 is 11.3 Å². The van der Waals surface area contributed by atoms with Gasteiger partial charge in [-0.1, -0.05) is 47.6 Å². The van der Waals surface area contributed by atoms with Crippen molar-refractivity contribution in [2.45, 2.75) is 43.8 Å². The second kappa shape index (κ2) is 9.80. The van der Waals surface area contributed by atoms with Crippen molar-refractivity contribution < 1.29 is 4.79 Å². The van der Waals surface area contributed by atoms with Crippen molar-refractivity contribution in [1.82, 2.24) is 10.3 Å². The summed E-state index contributed by atoms with van der Waals surface area (Å²) in [6, 6.07) is 17.6. The van der Waals surface area contributed by atoms with E-state index in [2.05, 4.69) is 20.8 Å². The molecule has 31 heavy (non-hydrogen) atoms. The molecule has 0 aliphatic carbocycles. The summed E-state index contributed by atoms with van der Waals surface area (Å²) in [5.41, 5.74) is 9.17. The van der Waals surface area contributed by atoms with Crippen LogP contribution in [0, 0.1) is 4.91 Å². The summed E-state index contributed by atoms with van der Waals surface area (Å²) in [5, 5.41) is 12.1. The van der Waals surface area contributed by atoms with Crippen molar-refractivity contribution in [3.05, 3.63) is 81.7 Å². The topological polar surface area (TPSA) is 109 Å². The Kier molecular flexibility index (Phi) is 6.69. The summed E-state index contributed by atoms with van der Waals surface area (Å²) in [6.07, 6.45) is 2.99. The van der Waals surface area contributed by atoms with Crippen LogP contribution in [0.25, 0.3) is 0 Å². The van der Waals surface area contributed by atoms with Gasteiger partial charge in [-0.3, -0.25) is 4.79 Å². The zero-order valence-corrected chi connectivity index (χ0v) is 17.8. The summed E-state index contributed by atoms with van der Waals surface area (Å²) >= 11 is 1.33. The molecule has 1 aromatic heterocycles. The van der Waals surface area contributed by atoms with Crippen LogP contribution in [0.4, 0.5) is 10.8 Å². The SMILES string of the molecule is Nc1nc(CC(=O)Nc2ccc(C[C@@H]3CC[C@H]([C@H](N=O)c4ccccc4)N3)cc2)cs1. The van der Waals surface area contributed by atoms with Crippen LogP contribution in [0.15, 0.2) is 65.2 Å². The Bertz CT molecular complexity index is 1020. The summed E-state index contributed by atoms with van der Waals surface area (Å²) < 4.78 is 0. The van der Waals surface area contributed by atoms with Gasteiger partial charge in [-0.2, -0.15) is 4.91 Å². The number of carbonyl (C=O) groups excluding carboxylic acids is 1. The fourth-order valence-electron chi connectivity index (χ4n) is 4.06. The van der Waals surface area contributed by atoms with Crippen LogP contribution < -0.4 is 16.4 Å². The normalized spacial score (nSPS) is 19.1. The van der Waals surface area contributed by atoms with Crippen molar-refractivity contribution >= 4 is 28.1 Å². The van der Waals surface area contributed by atoms with Gasteiger partial charge >= 0.3 is 0 Å². The molecule has 2 heterocycles. The predicted molar refractivity (Wildman–Crippen MR) is 124 cm³/mol. The van der Waals surface area contributed by atoms with Gasteiger partial charge in [-0.05, 0) is 42.5 Å². The Balaban J connectivity index is 1.29. The number of nitroso groups, excluding NO2 is 1. The first kappa shape index (κ1) is 21.1. The second-order valence-electron chi connectivity index (χ2n) is 7.81. The zero-order valence-electron chi connectivity index (χ0n) is 17.0. The fourth-order valence-corrected chi connectivity index (χ4v) is 4.62. The highest BCUT2D eigenvalue weighted by atomic mass is 32.1. The molecule has 1 aliphatic rings. The molecule has 160 valence electrons. The maximum Gasteiger partial charge on any atom is 0.230 e. The number of carbonyl (C=O) groups is 1. The Morgan fingerprint density at radius 2 is 1.97 bits per heavy atom. The van der Waals surface area contributed by atoms with E-state index in [4.69, 9.17) is 5.73 Å².